The van der Waals surface area contributed by atoms with Crippen molar-refractivity contribution >= 4 is 35.1 Å². The number of anilines is 1. The summed E-state index contributed by atoms with van der Waals surface area (Å²) in [4.78, 5) is 57.6. The fraction of sp³-hybridized carbons (Fsp3) is 0.500. The van der Waals surface area contributed by atoms with E-state index in [1.54, 1.807) is 24.3 Å². The van der Waals surface area contributed by atoms with Crippen LogP contribution in [0.4, 0.5) is 5.69 Å². The molecule has 4 N–H and O–H groups in total. The van der Waals surface area contributed by atoms with Crippen molar-refractivity contribution in [2.45, 2.75) is 39.0 Å². The zero-order valence-corrected chi connectivity index (χ0v) is 18.6. The highest BCUT2D eigenvalue weighted by Gasteiger charge is 2.10. The van der Waals surface area contributed by atoms with Crippen molar-refractivity contribution in [2.24, 2.45) is 0 Å². The summed E-state index contributed by atoms with van der Waals surface area (Å²) in [6.07, 6.45) is 1.17. The summed E-state index contributed by atoms with van der Waals surface area (Å²) in [6, 6.07) is 6.71. The van der Waals surface area contributed by atoms with Crippen LogP contribution in [0.3, 0.4) is 0 Å². The number of ether oxygens (including phenoxy) is 1. The van der Waals surface area contributed by atoms with E-state index in [4.69, 9.17) is 4.74 Å². The van der Waals surface area contributed by atoms with Gasteiger partial charge < -0.3 is 30.8 Å². The summed E-state index contributed by atoms with van der Waals surface area (Å²) in [5.74, 6) is -1.11. The number of carbonyl (C=O) groups is 5. The first kappa shape index (κ1) is 26.8. The van der Waals surface area contributed by atoms with E-state index >= 15 is 0 Å². The molecule has 32 heavy (non-hydrogen) atoms. The molecule has 1 aromatic rings. The highest BCUT2D eigenvalue weighted by Crippen LogP contribution is 2.10. The number of nitrogens with one attached hydrogen (secondary N) is 4. The number of hydrogen-bond donors (Lipinski definition) is 4. The number of rotatable bonds is 15. The minimum atomic E-state index is -0.454. The predicted octanol–water partition coefficient (Wildman–Crippen LogP) is 0.312. The Morgan fingerprint density at radius 3 is 2.16 bits per heavy atom. The Hall–Kier alpha value is -3.27. The fourth-order valence-corrected chi connectivity index (χ4v) is 2.60. The molecule has 0 radical (unpaired) electrons. The van der Waals surface area contributed by atoms with Crippen molar-refractivity contribution in [3.63, 3.8) is 0 Å². The number of ketones is 1. The summed E-state index contributed by atoms with van der Waals surface area (Å²) in [6.45, 7) is 2.83. The van der Waals surface area contributed by atoms with Crippen LogP contribution in [0.15, 0.2) is 24.3 Å². The summed E-state index contributed by atoms with van der Waals surface area (Å²) >= 11 is 0. The molecule has 0 unspecified atom stereocenters. The minimum absolute atomic E-state index is 0.113. The molecule has 0 aliphatic rings. The van der Waals surface area contributed by atoms with Gasteiger partial charge in [0.15, 0.2) is 0 Å². The summed E-state index contributed by atoms with van der Waals surface area (Å²) in [7, 11) is 1.54. The SMILES string of the molecule is CNC(=O)CCNC(=O)Cc1ccc(NC(=O)CC(=O)NCCOCCCC(C)=O)cc1. The molecule has 0 spiro atoms. The molecule has 0 aromatic heterocycles. The maximum absolute atomic E-state index is 12.0. The average Bonchev–Trinajstić information content (AvgIpc) is 2.74. The van der Waals surface area contributed by atoms with Gasteiger partial charge in [-0.25, -0.2) is 0 Å². The second-order valence-electron chi connectivity index (χ2n) is 7.14. The lowest BCUT2D eigenvalue weighted by molar-refractivity contribution is -0.127. The van der Waals surface area contributed by atoms with Gasteiger partial charge in [0.1, 0.15) is 12.2 Å². The molecule has 0 saturated carbocycles. The normalized spacial score (nSPS) is 10.2. The molecule has 10 nitrogen and oxygen atoms in total. The standard InChI is InChI=1S/C22H32N4O6/c1-16(27)4-3-12-32-13-11-25-21(30)15-22(31)26-18-7-5-17(6-8-18)14-20(29)24-10-9-19(28)23-2/h5-8H,3-4,9-15H2,1-2H3,(H,23,28)(H,24,29)(H,25,30)(H,26,31). The number of benzene rings is 1. The van der Waals surface area contributed by atoms with Crippen LogP contribution in [-0.4, -0.2) is 62.8 Å². The van der Waals surface area contributed by atoms with Crippen LogP contribution in [-0.2, 0) is 35.1 Å². The van der Waals surface area contributed by atoms with Gasteiger partial charge in [0, 0.05) is 45.3 Å². The van der Waals surface area contributed by atoms with E-state index in [1.165, 1.54) is 14.0 Å². The molecule has 0 bridgehead atoms. The lowest BCUT2D eigenvalue weighted by Crippen LogP contribution is -2.30. The summed E-state index contributed by atoms with van der Waals surface area (Å²) in [5.41, 5.74) is 1.27. The van der Waals surface area contributed by atoms with Crippen molar-refractivity contribution in [1.82, 2.24) is 16.0 Å². The van der Waals surface area contributed by atoms with E-state index in [0.717, 1.165) is 5.56 Å². The maximum Gasteiger partial charge on any atom is 0.233 e. The number of amides is 4. The smallest absolute Gasteiger partial charge is 0.233 e. The van der Waals surface area contributed by atoms with Crippen molar-refractivity contribution in [2.75, 3.05) is 38.7 Å². The van der Waals surface area contributed by atoms with Gasteiger partial charge in [-0.15, -0.1) is 0 Å². The van der Waals surface area contributed by atoms with Crippen LogP contribution >= 0.6 is 0 Å². The van der Waals surface area contributed by atoms with Crippen LogP contribution in [0.1, 0.15) is 38.2 Å². The van der Waals surface area contributed by atoms with Gasteiger partial charge in [-0.05, 0) is 31.0 Å². The van der Waals surface area contributed by atoms with E-state index in [9.17, 15) is 24.0 Å². The molecular formula is C22H32N4O6. The van der Waals surface area contributed by atoms with E-state index in [-0.39, 0.29) is 49.9 Å². The molecule has 10 heteroatoms. The Bertz CT molecular complexity index is 779. The second-order valence-corrected chi connectivity index (χ2v) is 7.14. The molecule has 176 valence electrons. The van der Waals surface area contributed by atoms with E-state index in [2.05, 4.69) is 21.3 Å². The zero-order valence-electron chi connectivity index (χ0n) is 18.6. The van der Waals surface area contributed by atoms with Crippen molar-refractivity contribution in [3.8, 4) is 0 Å². The predicted molar refractivity (Wildman–Crippen MR) is 119 cm³/mol. The first-order chi connectivity index (χ1) is 15.3. The van der Waals surface area contributed by atoms with Gasteiger partial charge in [-0.2, -0.15) is 0 Å². The Morgan fingerprint density at radius 1 is 0.812 bits per heavy atom. The zero-order chi connectivity index (χ0) is 23.8. The Balaban J connectivity index is 2.23. The van der Waals surface area contributed by atoms with Crippen molar-refractivity contribution < 1.29 is 28.7 Å². The maximum atomic E-state index is 12.0. The molecule has 0 saturated heterocycles. The monoisotopic (exact) mass is 448 g/mol. The van der Waals surface area contributed by atoms with Crippen molar-refractivity contribution in [3.05, 3.63) is 29.8 Å². The van der Waals surface area contributed by atoms with Gasteiger partial charge >= 0.3 is 0 Å². The number of Topliss-reactive ketones (excluding diaryl/α,β-unsaturated/α-hetero) is 1. The second kappa shape index (κ2) is 15.5. The van der Waals surface area contributed by atoms with Gasteiger partial charge in [-0.1, -0.05) is 12.1 Å². The third-order valence-corrected chi connectivity index (χ3v) is 4.26. The molecule has 4 amide bonds. The first-order valence-corrected chi connectivity index (χ1v) is 10.5. The van der Waals surface area contributed by atoms with Gasteiger partial charge in [0.05, 0.1) is 13.0 Å². The number of hydrogen-bond acceptors (Lipinski definition) is 6. The molecule has 0 aliphatic carbocycles. The molecule has 1 aromatic carbocycles. The number of carbonyl (C=O) groups excluding carboxylic acids is 5. The van der Waals surface area contributed by atoms with Crippen LogP contribution in [0.2, 0.25) is 0 Å². The largest absolute Gasteiger partial charge is 0.380 e. The van der Waals surface area contributed by atoms with Gasteiger partial charge in [0.25, 0.3) is 0 Å². The van der Waals surface area contributed by atoms with Gasteiger partial charge in [0.2, 0.25) is 23.6 Å². The lowest BCUT2D eigenvalue weighted by atomic mass is 10.1. The Labute approximate surface area is 187 Å². The minimum Gasteiger partial charge on any atom is -0.380 e. The van der Waals surface area contributed by atoms with Crippen molar-refractivity contribution in [1.29, 1.82) is 0 Å². The van der Waals surface area contributed by atoms with Gasteiger partial charge in [-0.3, -0.25) is 19.2 Å². The molecule has 0 aliphatic heterocycles. The van der Waals surface area contributed by atoms with E-state index in [0.29, 0.717) is 31.7 Å². The van der Waals surface area contributed by atoms with Crippen LogP contribution < -0.4 is 21.3 Å². The molecular weight excluding hydrogens is 416 g/mol. The molecule has 0 fully saturated rings. The topological polar surface area (TPSA) is 143 Å². The Kier molecular flexibility index (Phi) is 13.0. The van der Waals surface area contributed by atoms with E-state index in [1.807, 2.05) is 0 Å². The quantitative estimate of drug-likeness (QED) is 0.225. The third kappa shape index (κ3) is 13.1. The molecule has 0 atom stereocenters. The fourth-order valence-electron chi connectivity index (χ4n) is 2.60. The third-order valence-electron chi connectivity index (χ3n) is 4.26. The lowest BCUT2D eigenvalue weighted by Gasteiger charge is -2.08. The summed E-state index contributed by atoms with van der Waals surface area (Å²) < 4.78 is 5.30. The van der Waals surface area contributed by atoms with E-state index < -0.39 is 11.8 Å². The summed E-state index contributed by atoms with van der Waals surface area (Å²) in [5, 5.41) is 10.4. The average molecular weight is 449 g/mol. The molecule has 0 heterocycles. The van der Waals surface area contributed by atoms with Crippen LogP contribution in [0, 0.1) is 0 Å². The molecule has 1 rings (SSSR count). The van der Waals surface area contributed by atoms with Crippen LogP contribution in [0.25, 0.3) is 0 Å². The van der Waals surface area contributed by atoms with Crippen LogP contribution in [0.5, 0.6) is 0 Å². The highest BCUT2D eigenvalue weighted by atomic mass is 16.5. The highest BCUT2D eigenvalue weighted by molar-refractivity contribution is 6.03. The Morgan fingerprint density at radius 2 is 1.50 bits per heavy atom. The first-order valence-electron chi connectivity index (χ1n) is 10.5.